The van der Waals surface area contributed by atoms with Crippen molar-refractivity contribution in [1.82, 2.24) is 19.7 Å². The first-order valence-electron chi connectivity index (χ1n) is 8.17. The van der Waals surface area contributed by atoms with E-state index in [-0.39, 0.29) is 18.5 Å². The van der Waals surface area contributed by atoms with Crippen LogP contribution in [-0.2, 0) is 18.9 Å². The molecule has 0 amide bonds. The van der Waals surface area contributed by atoms with Gasteiger partial charge in [0, 0.05) is 11.9 Å². The van der Waals surface area contributed by atoms with Gasteiger partial charge in [0.05, 0.1) is 24.9 Å². The number of aliphatic hydroxyl groups is 1. The van der Waals surface area contributed by atoms with E-state index in [1.165, 1.54) is 23.9 Å². The summed E-state index contributed by atoms with van der Waals surface area (Å²) in [6.45, 7) is 2.31. The van der Waals surface area contributed by atoms with Gasteiger partial charge in [-0.25, -0.2) is 4.39 Å². The van der Waals surface area contributed by atoms with E-state index in [1.54, 1.807) is 24.4 Å². The van der Waals surface area contributed by atoms with Crippen LogP contribution in [0.3, 0.4) is 0 Å². The first-order valence-corrected chi connectivity index (χ1v) is 9.16. The van der Waals surface area contributed by atoms with Gasteiger partial charge in [0.15, 0.2) is 11.0 Å². The fourth-order valence-corrected chi connectivity index (χ4v) is 3.35. The number of benzene rings is 1. The van der Waals surface area contributed by atoms with E-state index in [0.717, 1.165) is 16.3 Å². The van der Waals surface area contributed by atoms with Crippen LogP contribution in [0.4, 0.5) is 4.39 Å². The summed E-state index contributed by atoms with van der Waals surface area (Å²) >= 11 is 1.52. The van der Waals surface area contributed by atoms with Crippen molar-refractivity contribution in [2.45, 2.75) is 37.0 Å². The van der Waals surface area contributed by atoms with E-state index >= 15 is 0 Å². The van der Waals surface area contributed by atoms with Crippen LogP contribution in [0.2, 0.25) is 0 Å². The smallest absolute Gasteiger partial charge is 0.191 e. The summed E-state index contributed by atoms with van der Waals surface area (Å²) in [5.74, 6) is 1.09. The quantitative estimate of drug-likeness (QED) is 0.619. The molecule has 1 aromatic carbocycles. The number of aromatic nitrogens is 4. The highest BCUT2D eigenvalue weighted by molar-refractivity contribution is 7.98. The van der Waals surface area contributed by atoms with Gasteiger partial charge in [-0.05, 0) is 36.2 Å². The molecule has 0 fully saturated rings. The molecule has 8 heteroatoms. The predicted octanol–water partition coefficient (Wildman–Crippen LogP) is 2.66. The summed E-state index contributed by atoms with van der Waals surface area (Å²) in [4.78, 5) is 4.21. The van der Waals surface area contributed by atoms with Crippen LogP contribution in [0.1, 0.15) is 35.6 Å². The van der Waals surface area contributed by atoms with Crippen LogP contribution in [0.25, 0.3) is 0 Å². The van der Waals surface area contributed by atoms with Crippen molar-refractivity contribution in [2.24, 2.45) is 5.73 Å². The predicted molar refractivity (Wildman–Crippen MR) is 97.8 cm³/mol. The molecule has 0 aliphatic heterocycles. The standard InChI is InChI=1S/C18H20FN5OS/c1-12(20)17-22-23-18(26-11-13-2-5-15(19)6-3-13)24(17)9-14-4-7-16(10-25)21-8-14/h2-8,12,25H,9-11,20H2,1H3/t12-/m0/s1. The summed E-state index contributed by atoms with van der Waals surface area (Å²) in [6, 6.07) is 9.85. The minimum Gasteiger partial charge on any atom is -0.390 e. The lowest BCUT2D eigenvalue weighted by atomic mass is 10.2. The van der Waals surface area contributed by atoms with Crippen LogP contribution in [0.15, 0.2) is 47.8 Å². The van der Waals surface area contributed by atoms with Crippen molar-refractivity contribution in [3.63, 3.8) is 0 Å². The Morgan fingerprint density at radius 3 is 2.50 bits per heavy atom. The highest BCUT2D eigenvalue weighted by Crippen LogP contribution is 2.24. The number of pyridine rings is 1. The molecule has 3 N–H and O–H groups in total. The van der Waals surface area contributed by atoms with E-state index < -0.39 is 0 Å². The second-order valence-corrected chi connectivity index (χ2v) is 6.89. The van der Waals surface area contributed by atoms with Gasteiger partial charge in [-0.3, -0.25) is 4.98 Å². The van der Waals surface area contributed by atoms with E-state index in [2.05, 4.69) is 15.2 Å². The third-order valence-electron chi connectivity index (χ3n) is 3.82. The number of nitrogens with zero attached hydrogens (tertiary/aromatic N) is 4. The van der Waals surface area contributed by atoms with Crippen LogP contribution < -0.4 is 5.73 Å². The fourth-order valence-electron chi connectivity index (χ4n) is 2.45. The number of hydrogen-bond donors (Lipinski definition) is 2. The van der Waals surface area contributed by atoms with Crippen molar-refractivity contribution in [2.75, 3.05) is 0 Å². The van der Waals surface area contributed by atoms with Gasteiger partial charge >= 0.3 is 0 Å². The molecule has 2 aromatic heterocycles. The average molecular weight is 373 g/mol. The van der Waals surface area contributed by atoms with E-state index in [0.29, 0.717) is 23.8 Å². The summed E-state index contributed by atoms with van der Waals surface area (Å²) in [5, 5.41) is 18.3. The van der Waals surface area contributed by atoms with Gasteiger partial charge < -0.3 is 15.4 Å². The van der Waals surface area contributed by atoms with Crippen molar-refractivity contribution < 1.29 is 9.50 Å². The van der Waals surface area contributed by atoms with Crippen LogP contribution in [0.5, 0.6) is 0 Å². The molecule has 3 aromatic rings. The molecule has 0 saturated heterocycles. The first-order chi connectivity index (χ1) is 12.6. The fraction of sp³-hybridized carbons (Fsp3) is 0.278. The molecule has 0 aliphatic rings. The number of rotatable bonds is 7. The van der Waals surface area contributed by atoms with Gasteiger partial charge in [-0.1, -0.05) is 30.0 Å². The van der Waals surface area contributed by atoms with E-state index in [4.69, 9.17) is 10.8 Å². The Hall–Kier alpha value is -2.29. The molecular weight excluding hydrogens is 353 g/mol. The van der Waals surface area contributed by atoms with Crippen molar-refractivity contribution in [3.8, 4) is 0 Å². The molecule has 0 unspecified atom stereocenters. The lowest BCUT2D eigenvalue weighted by Gasteiger charge is -2.12. The summed E-state index contributed by atoms with van der Waals surface area (Å²) in [6.07, 6.45) is 1.73. The molecule has 3 rings (SSSR count). The molecule has 0 aliphatic carbocycles. The average Bonchev–Trinajstić information content (AvgIpc) is 3.05. The van der Waals surface area contributed by atoms with Crippen molar-refractivity contribution >= 4 is 11.8 Å². The molecule has 2 heterocycles. The van der Waals surface area contributed by atoms with E-state index in [1.807, 2.05) is 17.6 Å². The number of aliphatic hydroxyl groups excluding tert-OH is 1. The highest BCUT2D eigenvalue weighted by Gasteiger charge is 2.16. The lowest BCUT2D eigenvalue weighted by molar-refractivity contribution is 0.277. The number of thioether (sulfide) groups is 1. The molecule has 6 nitrogen and oxygen atoms in total. The maximum atomic E-state index is 13.0. The number of hydrogen-bond acceptors (Lipinski definition) is 6. The number of halogens is 1. The second kappa shape index (κ2) is 8.39. The zero-order valence-electron chi connectivity index (χ0n) is 14.3. The third kappa shape index (κ3) is 4.46. The third-order valence-corrected chi connectivity index (χ3v) is 4.86. The number of nitrogens with two attached hydrogens (primary N) is 1. The van der Waals surface area contributed by atoms with Crippen LogP contribution in [0, 0.1) is 5.82 Å². The van der Waals surface area contributed by atoms with Gasteiger partial charge in [0.25, 0.3) is 0 Å². The molecule has 136 valence electrons. The van der Waals surface area contributed by atoms with E-state index in [9.17, 15) is 4.39 Å². The summed E-state index contributed by atoms with van der Waals surface area (Å²) < 4.78 is 15.0. The summed E-state index contributed by atoms with van der Waals surface area (Å²) in [5.41, 5.74) is 8.62. The van der Waals surface area contributed by atoms with Crippen molar-refractivity contribution in [3.05, 3.63) is 71.1 Å². The molecule has 0 spiro atoms. The lowest BCUT2D eigenvalue weighted by Crippen LogP contribution is -2.15. The second-order valence-electron chi connectivity index (χ2n) is 5.95. The zero-order chi connectivity index (χ0) is 18.5. The molecule has 26 heavy (non-hydrogen) atoms. The van der Waals surface area contributed by atoms with Gasteiger partial charge in [-0.2, -0.15) is 0 Å². The molecule has 0 saturated carbocycles. The van der Waals surface area contributed by atoms with Crippen LogP contribution >= 0.6 is 11.8 Å². The minimum absolute atomic E-state index is 0.0865. The van der Waals surface area contributed by atoms with Crippen LogP contribution in [-0.4, -0.2) is 24.9 Å². The minimum atomic E-state index is -0.257. The first kappa shape index (κ1) is 18.5. The molecule has 1 atom stereocenters. The Kier molecular flexibility index (Phi) is 5.97. The molecule has 0 radical (unpaired) electrons. The SMILES string of the molecule is C[C@H](N)c1nnc(SCc2ccc(F)cc2)n1Cc1ccc(CO)nc1. The Bertz CT molecular complexity index is 849. The topological polar surface area (TPSA) is 89.8 Å². The summed E-state index contributed by atoms with van der Waals surface area (Å²) in [7, 11) is 0. The Balaban J connectivity index is 1.79. The monoisotopic (exact) mass is 373 g/mol. The van der Waals surface area contributed by atoms with Gasteiger partial charge in [0.1, 0.15) is 5.82 Å². The Morgan fingerprint density at radius 2 is 1.88 bits per heavy atom. The normalized spacial score (nSPS) is 12.3. The van der Waals surface area contributed by atoms with Gasteiger partial charge in [0.2, 0.25) is 0 Å². The molecular formula is C18H20FN5OS. The molecule has 0 bridgehead atoms. The largest absolute Gasteiger partial charge is 0.390 e. The Labute approximate surface area is 155 Å². The Morgan fingerprint density at radius 1 is 1.15 bits per heavy atom. The maximum Gasteiger partial charge on any atom is 0.191 e. The zero-order valence-corrected chi connectivity index (χ0v) is 15.2. The highest BCUT2D eigenvalue weighted by atomic mass is 32.2. The van der Waals surface area contributed by atoms with Gasteiger partial charge in [-0.15, -0.1) is 10.2 Å². The maximum absolute atomic E-state index is 13.0. The van der Waals surface area contributed by atoms with Crippen molar-refractivity contribution in [1.29, 1.82) is 0 Å².